The fraction of sp³-hybridized carbons (Fsp3) is 0.231. The Bertz CT molecular complexity index is 548. The van der Waals surface area contributed by atoms with Gasteiger partial charge in [-0.05, 0) is 52.6 Å². The summed E-state index contributed by atoms with van der Waals surface area (Å²) in [6.07, 6.45) is -4.29. The van der Waals surface area contributed by atoms with E-state index in [1.54, 1.807) is 6.07 Å². The second kappa shape index (κ2) is 5.30. The largest absolute Gasteiger partial charge is 0.416 e. The predicted molar refractivity (Wildman–Crippen MR) is 66.4 cm³/mol. The molecule has 1 aromatic carbocycles. The van der Waals surface area contributed by atoms with Crippen LogP contribution in [0.5, 0.6) is 0 Å². The first kappa shape index (κ1) is 14.0. The van der Waals surface area contributed by atoms with Crippen molar-refractivity contribution in [2.45, 2.75) is 18.6 Å². The van der Waals surface area contributed by atoms with Crippen LogP contribution in [0.2, 0.25) is 0 Å². The summed E-state index contributed by atoms with van der Waals surface area (Å²) in [6.45, 7) is 0. The predicted octanol–water partition coefficient (Wildman–Crippen LogP) is 4.15. The minimum Gasteiger partial charge on any atom is -0.324 e. The fourth-order valence-electron chi connectivity index (χ4n) is 1.87. The summed E-state index contributed by atoms with van der Waals surface area (Å²) >= 11 is 1.44. The molecule has 1 nitrogen and oxygen atoms in total. The molecule has 2 N–H and O–H groups in total. The van der Waals surface area contributed by atoms with Gasteiger partial charge in [0.2, 0.25) is 0 Å². The molecule has 19 heavy (non-hydrogen) atoms. The third-order valence-corrected chi connectivity index (χ3v) is 3.49. The number of halogens is 4. The lowest BCUT2D eigenvalue weighted by molar-refractivity contribution is -0.138. The van der Waals surface area contributed by atoms with Crippen LogP contribution < -0.4 is 5.73 Å². The molecule has 1 heterocycles. The Kier molecular flexibility index (Phi) is 3.91. The van der Waals surface area contributed by atoms with Crippen LogP contribution in [0, 0.1) is 5.82 Å². The Labute approximate surface area is 111 Å². The molecule has 0 amide bonds. The topological polar surface area (TPSA) is 26.0 Å². The number of nitrogens with two attached hydrogens (primary N) is 1. The zero-order chi connectivity index (χ0) is 14.0. The van der Waals surface area contributed by atoms with Crippen LogP contribution in [-0.2, 0) is 12.6 Å². The average molecular weight is 289 g/mol. The van der Waals surface area contributed by atoms with Crippen LogP contribution >= 0.6 is 11.3 Å². The molecule has 0 aliphatic rings. The number of benzene rings is 1. The third-order valence-electron chi connectivity index (χ3n) is 2.75. The highest BCUT2D eigenvalue weighted by atomic mass is 32.1. The van der Waals surface area contributed by atoms with Crippen molar-refractivity contribution in [3.05, 3.63) is 57.5 Å². The Morgan fingerprint density at radius 1 is 1.21 bits per heavy atom. The summed E-state index contributed by atoms with van der Waals surface area (Å²) in [5.74, 6) is -0.719. The minimum atomic E-state index is -4.53. The maximum atomic E-state index is 13.2. The van der Waals surface area contributed by atoms with E-state index >= 15 is 0 Å². The first-order valence-corrected chi connectivity index (χ1v) is 6.45. The summed E-state index contributed by atoms with van der Waals surface area (Å²) < 4.78 is 51.7. The Balaban J connectivity index is 2.34. The zero-order valence-corrected chi connectivity index (χ0v) is 10.6. The molecule has 0 fully saturated rings. The molecule has 1 atom stereocenters. The van der Waals surface area contributed by atoms with Gasteiger partial charge in [-0.1, -0.05) is 0 Å². The van der Waals surface area contributed by atoms with E-state index in [1.807, 2.05) is 10.8 Å². The molecule has 2 rings (SSSR count). The van der Waals surface area contributed by atoms with E-state index in [9.17, 15) is 17.6 Å². The monoisotopic (exact) mass is 289 g/mol. The normalized spacial score (nSPS) is 13.5. The van der Waals surface area contributed by atoms with Gasteiger partial charge in [0.1, 0.15) is 5.82 Å². The highest BCUT2D eigenvalue weighted by molar-refractivity contribution is 7.07. The van der Waals surface area contributed by atoms with Gasteiger partial charge in [-0.15, -0.1) is 0 Å². The summed E-state index contributed by atoms with van der Waals surface area (Å²) in [7, 11) is 0. The van der Waals surface area contributed by atoms with Crippen LogP contribution in [-0.4, -0.2) is 0 Å². The second-order valence-electron chi connectivity index (χ2n) is 4.17. The van der Waals surface area contributed by atoms with E-state index in [-0.39, 0.29) is 12.0 Å². The van der Waals surface area contributed by atoms with E-state index in [0.29, 0.717) is 0 Å². The molecule has 6 heteroatoms. The van der Waals surface area contributed by atoms with Crippen molar-refractivity contribution in [2.24, 2.45) is 5.73 Å². The molecule has 2 aromatic rings. The van der Waals surface area contributed by atoms with Crippen molar-refractivity contribution in [3.8, 4) is 0 Å². The molecule has 0 spiro atoms. The van der Waals surface area contributed by atoms with E-state index < -0.39 is 23.6 Å². The first-order valence-electron chi connectivity index (χ1n) is 5.51. The number of rotatable bonds is 3. The van der Waals surface area contributed by atoms with Gasteiger partial charge in [-0.25, -0.2) is 4.39 Å². The van der Waals surface area contributed by atoms with Crippen molar-refractivity contribution >= 4 is 11.3 Å². The van der Waals surface area contributed by atoms with Gasteiger partial charge < -0.3 is 5.73 Å². The smallest absolute Gasteiger partial charge is 0.324 e. The van der Waals surface area contributed by atoms with Gasteiger partial charge in [0.25, 0.3) is 0 Å². The van der Waals surface area contributed by atoms with Gasteiger partial charge in [0.05, 0.1) is 5.56 Å². The molecule has 0 bridgehead atoms. The Morgan fingerprint density at radius 2 is 1.95 bits per heavy atom. The molecule has 0 radical (unpaired) electrons. The highest BCUT2D eigenvalue weighted by Crippen LogP contribution is 2.35. The van der Waals surface area contributed by atoms with Crippen LogP contribution in [0.3, 0.4) is 0 Å². The van der Waals surface area contributed by atoms with Crippen molar-refractivity contribution in [1.82, 2.24) is 0 Å². The Hall–Kier alpha value is -1.40. The molecule has 1 aromatic heterocycles. The maximum Gasteiger partial charge on any atom is 0.416 e. The Morgan fingerprint density at radius 3 is 2.53 bits per heavy atom. The molecule has 1 unspecified atom stereocenters. The van der Waals surface area contributed by atoms with Crippen molar-refractivity contribution in [1.29, 1.82) is 0 Å². The lowest BCUT2D eigenvalue weighted by atomic mass is 9.96. The molecule has 0 saturated carbocycles. The third kappa shape index (κ3) is 3.33. The number of thiophene rings is 1. The molecule has 0 aliphatic heterocycles. The van der Waals surface area contributed by atoms with Gasteiger partial charge in [0.15, 0.2) is 0 Å². The molecule has 0 saturated heterocycles. The van der Waals surface area contributed by atoms with E-state index in [2.05, 4.69) is 0 Å². The summed E-state index contributed by atoms with van der Waals surface area (Å²) in [5, 5.41) is 3.63. The lowest BCUT2D eigenvalue weighted by Crippen LogP contribution is -2.19. The molecule has 0 aliphatic carbocycles. The van der Waals surface area contributed by atoms with Crippen molar-refractivity contribution in [3.63, 3.8) is 0 Å². The average Bonchev–Trinajstić information content (AvgIpc) is 2.80. The van der Waals surface area contributed by atoms with Crippen molar-refractivity contribution < 1.29 is 17.6 Å². The zero-order valence-electron chi connectivity index (χ0n) is 9.75. The summed E-state index contributed by atoms with van der Waals surface area (Å²) in [4.78, 5) is 0. The van der Waals surface area contributed by atoms with Crippen molar-refractivity contribution in [2.75, 3.05) is 0 Å². The quantitative estimate of drug-likeness (QED) is 0.844. The van der Waals surface area contributed by atoms with Gasteiger partial charge in [-0.3, -0.25) is 0 Å². The van der Waals surface area contributed by atoms with Crippen LogP contribution in [0.4, 0.5) is 17.6 Å². The van der Waals surface area contributed by atoms with Gasteiger partial charge in [0, 0.05) is 6.04 Å². The highest BCUT2D eigenvalue weighted by Gasteiger charge is 2.34. The van der Waals surface area contributed by atoms with Gasteiger partial charge >= 0.3 is 6.18 Å². The first-order chi connectivity index (χ1) is 8.88. The number of hydrogen-bond donors (Lipinski definition) is 1. The molecule has 102 valence electrons. The maximum absolute atomic E-state index is 13.2. The SMILES string of the molecule is NC(Cc1ccsc1)c1cc(F)ccc1C(F)(F)F. The lowest BCUT2D eigenvalue weighted by Gasteiger charge is -2.18. The standard InChI is InChI=1S/C13H11F4NS/c14-9-1-2-11(13(15,16)17)10(6-9)12(18)5-8-3-4-19-7-8/h1-4,6-7,12H,5,18H2. The van der Waals surface area contributed by atoms with E-state index in [1.165, 1.54) is 11.3 Å². The molecular formula is C13H11F4NS. The van der Waals surface area contributed by atoms with Gasteiger partial charge in [-0.2, -0.15) is 24.5 Å². The summed E-state index contributed by atoms with van der Waals surface area (Å²) in [6, 6.07) is 3.29. The van der Waals surface area contributed by atoms with E-state index in [4.69, 9.17) is 5.73 Å². The molecular weight excluding hydrogens is 278 g/mol. The number of hydrogen-bond acceptors (Lipinski definition) is 2. The summed E-state index contributed by atoms with van der Waals surface area (Å²) in [5.41, 5.74) is 5.55. The van der Waals surface area contributed by atoms with E-state index in [0.717, 1.165) is 23.8 Å². The minimum absolute atomic E-state index is 0.210. The van der Waals surface area contributed by atoms with Crippen LogP contribution in [0.1, 0.15) is 22.7 Å². The van der Waals surface area contributed by atoms with Crippen LogP contribution in [0.15, 0.2) is 35.0 Å². The number of alkyl halides is 3. The fourth-order valence-corrected chi connectivity index (χ4v) is 2.55. The van der Waals surface area contributed by atoms with Crippen LogP contribution in [0.25, 0.3) is 0 Å². The second-order valence-corrected chi connectivity index (χ2v) is 4.95.